The highest BCUT2D eigenvalue weighted by atomic mass is 35.5. The Balaban J connectivity index is 0. The fourth-order valence-electron chi connectivity index (χ4n) is 0.384. The van der Waals surface area contributed by atoms with E-state index in [1.54, 1.807) is 11.8 Å². The van der Waals surface area contributed by atoms with E-state index in [0.717, 1.165) is 5.75 Å². The van der Waals surface area contributed by atoms with Crippen molar-refractivity contribution in [3.8, 4) is 0 Å². The quantitative estimate of drug-likeness (QED) is 0.477. The van der Waals surface area contributed by atoms with Crippen LogP contribution in [-0.2, 0) is 4.79 Å². The second-order valence-electron chi connectivity index (χ2n) is 1.82. The van der Waals surface area contributed by atoms with E-state index in [4.69, 9.17) is 5.11 Å². The summed E-state index contributed by atoms with van der Waals surface area (Å²) in [6.45, 7) is 0. The highest BCUT2D eigenvalue weighted by molar-refractivity contribution is 7.98. The summed E-state index contributed by atoms with van der Waals surface area (Å²) in [6, 6.07) is -0.433. The summed E-state index contributed by atoms with van der Waals surface area (Å²) in [5.74, 6) is 0.0737. The first kappa shape index (κ1) is 12.7. The monoisotopic (exact) mass is 185 g/mol. The average Bonchev–Trinajstić information content (AvgIpc) is 1.82. The molecule has 0 aromatic rings. The van der Waals surface area contributed by atoms with E-state index < -0.39 is 12.0 Å². The predicted octanol–water partition coefficient (Wildman–Crippen LogP) is -3.56. The molecule has 0 saturated carbocycles. The molecule has 0 aliphatic rings. The lowest BCUT2D eigenvalue weighted by molar-refractivity contribution is -0.407. The Hall–Kier alpha value is 0.0700. The largest absolute Gasteiger partial charge is 1.00 e. The Kier molecular flexibility index (Phi) is 9.13. The second kappa shape index (κ2) is 7.18. The van der Waals surface area contributed by atoms with Gasteiger partial charge in [0.25, 0.3) is 0 Å². The molecule has 0 fully saturated rings. The van der Waals surface area contributed by atoms with Gasteiger partial charge in [-0.25, -0.2) is 4.79 Å². The van der Waals surface area contributed by atoms with Gasteiger partial charge < -0.3 is 23.2 Å². The Bertz CT molecular complexity index is 102. The highest BCUT2D eigenvalue weighted by Crippen LogP contribution is 1.96. The maximum atomic E-state index is 10.1. The Labute approximate surface area is 70.8 Å². The van der Waals surface area contributed by atoms with Gasteiger partial charge in [-0.2, -0.15) is 11.8 Å². The molecule has 1 atom stereocenters. The third kappa shape index (κ3) is 6.19. The van der Waals surface area contributed by atoms with Crippen LogP contribution in [0.2, 0.25) is 0 Å². The molecule has 0 rings (SSSR count). The van der Waals surface area contributed by atoms with Crippen molar-refractivity contribution in [2.45, 2.75) is 12.5 Å². The van der Waals surface area contributed by atoms with Gasteiger partial charge in [-0.3, -0.25) is 0 Å². The first-order valence-electron chi connectivity index (χ1n) is 2.73. The lowest BCUT2D eigenvalue weighted by Gasteiger charge is -1.98. The van der Waals surface area contributed by atoms with Gasteiger partial charge in [-0.1, -0.05) is 0 Å². The Morgan fingerprint density at radius 2 is 2.30 bits per heavy atom. The minimum atomic E-state index is -0.802. The molecule has 0 aliphatic heterocycles. The van der Waals surface area contributed by atoms with E-state index >= 15 is 0 Å². The first-order chi connectivity index (χ1) is 4.18. The molecule has 0 radical (unpaired) electrons. The number of hydrogen-bond donors (Lipinski definition) is 2. The highest BCUT2D eigenvalue weighted by Gasteiger charge is 2.13. The fraction of sp³-hybridized carbons (Fsp3) is 0.800. The molecule has 1 unspecified atom stereocenters. The molecule has 62 valence electrons. The van der Waals surface area contributed by atoms with Crippen molar-refractivity contribution >= 4 is 17.7 Å². The summed E-state index contributed by atoms with van der Waals surface area (Å²) in [5.41, 5.74) is 3.46. The van der Waals surface area contributed by atoms with Crippen molar-refractivity contribution < 1.29 is 28.0 Å². The van der Waals surface area contributed by atoms with Gasteiger partial charge in [0.05, 0.1) is 0 Å². The molecule has 4 N–H and O–H groups in total. The Morgan fingerprint density at radius 1 is 1.80 bits per heavy atom. The van der Waals surface area contributed by atoms with Crippen LogP contribution in [0.25, 0.3) is 0 Å². The summed E-state index contributed by atoms with van der Waals surface area (Å²) in [7, 11) is 0. The molecule has 0 aromatic carbocycles. The summed E-state index contributed by atoms with van der Waals surface area (Å²) >= 11 is 1.64. The van der Waals surface area contributed by atoms with Crippen molar-refractivity contribution in [1.29, 1.82) is 0 Å². The van der Waals surface area contributed by atoms with Gasteiger partial charge in [0, 0.05) is 6.42 Å². The van der Waals surface area contributed by atoms with Gasteiger partial charge in [0.2, 0.25) is 0 Å². The summed E-state index contributed by atoms with van der Waals surface area (Å²) < 4.78 is 0. The van der Waals surface area contributed by atoms with Crippen LogP contribution in [0, 0.1) is 0 Å². The minimum Gasteiger partial charge on any atom is -1.00 e. The maximum Gasteiger partial charge on any atom is 0.362 e. The first-order valence-corrected chi connectivity index (χ1v) is 4.12. The second-order valence-corrected chi connectivity index (χ2v) is 2.80. The van der Waals surface area contributed by atoms with E-state index in [-0.39, 0.29) is 12.4 Å². The van der Waals surface area contributed by atoms with E-state index in [0.29, 0.717) is 6.42 Å². The number of carboxylic acids is 1. The van der Waals surface area contributed by atoms with Crippen LogP contribution >= 0.6 is 11.8 Å². The zero-order valence-corrected chi connectivity index (χ0v) is 7.41. The van der Waals surface area contributed by atoms with Crippen molar-refractivity contribution in [2.75, 3.05) is 12.0 Å². The van der Waals surface area contributed by atoms with Crippen LogP contribution in [0.4, 0.5) is 0 Å². The summed E-state index contributed by atoms with van der Waals surface area (Å²) in [4.78, 5) is 10.1. The molecular formula is C5H12ClNO2S. The third-order valence-electron chi connectivity index (χ3n) is 1.02. The average molecular weight is 186 g/mol. The minimum absolute atomic E-state index is 0. The van der Waals surface area contributed by atoms with Crippen LogP contribution in [0.5, 0.6) is 0 Å². The van der Waals surface area contributed by atoms with Gasteiger partial charge in [-0.15, -0.1) is 0 Å². The molecule has 0 bridgehead atoms. The summed E-state index contributed by atoms with van der Waals surface area (Å²) in [6.07, 6.45) is 2.62. The molecule has 0 amide bonds. The van der Waals surface area contributed by atoms with Crippen molar-refractivity contribution in [3.05, 3.63) is 0 Å². The third-order valence-corrected chi connectivity index (χ3v) is 1.66. The van der Waals surface area contributed by atoms with Crippen molar-refractivity contribution in [1.82, 2.24) is 0 Å². The number of rotatable bonds is 4. The topological polar surface area (TPSA) is 64.9 Å². The van der Waals surface area contributed by atoms with Gasteiger partial charge in [-0.05, 0) is 12.0 Å². The van der Waals surface area contributed by atoms with E-state index in [9.17, 15) is 4.79 Å². The normalized spacial score (nSPS) is 11.8. The molecule has 0 aliphatic carbocycles. The number of quaternary nitrogens is 1. The molecule has 0 aromatic heterocycles. The number of hydrogen-bond acceptors (Lipinski definition) is 2. The maximum absolute atomic E-state index is 10.1. The van der Waals surface area contributed by atoms with E-state index in [1.165, 1.54) is 0 Å². The van der Waals surface area contributed by atoms with Crippen LogP contribution < -0.4 is 18.1 Å². The molecule has 10 heavy (non-hydrogen) atoms. The van der Waals surface area contributed by atoms with Crippen LogP contribution in [0.1, 0.15) is 6.42 Å². The molecule has 0 saturated heterocycles. The van der Waals surface area contributed by atoms with Crippen LogP contribution in [0.15, 0.2) is 0 Å². The smallest absolute Gasteiger partial charge is 0.362 e. The molecule has 0 spiro atoms. The number of carboxylic acid groups (broad SMARTS) is 1. The molecule has 0 heterocycles. The predicted molar refractivity (Wildman–Crippen MR) is 37.3 cm³/mol. The van der Waals surface area contributed by atoms with Gasteiger partial charge in [0.1, 0.15) is 0 Å². The van der Waals surface area contributed by atoms with Crippen molar-refractivity contribution in [3.63, 3.8) is 0 Å². The van der Waals surface area contributed by atoms with E-state index in [2.05, 4.69) is 5.73 Å². The van der Waals surface area contributed by atoms with Crippen molar-refractivity contribution in [2.24, 2.45) is 0 Å². The molecule has 3 nitrogen and oxygen atoms in total. The molecular weight excluding hydrogens is 174 g/mol. The van der Waals surface area contributed by atoms with Gasteiger partial charge >= 0.3 is 5.97 Å². The Morgan fingerprint density at radius 3 is 2.60 bits per heavy atom. The number of thioether (sulfide) groups is 1. The molecule has 5 heteroatoms. The zero-order chi connectivity index (χ0) is 7.28. The zero-order valence-electron chi connectivity index (χ0n) is 5.84. The number of carbonyl (C=O) groups is 1. The number of aliphatic carboxylic acids is 1. The van der Waals surface area contributed by atoms with E-state index in [1.807, 2.05) is 6.26 Å². The standard InChI is InChI=1S/C5H11NO2S.ClH/c1-9-3-2-4(6)5(7)8;/h4H,2-3,6H2,1H3,(H,7,8);1H. The lowest BCUT2D eigenvalue weighted by Crippen LogP contribution is -3.00. The number of halogens is 1. The van der Waals surface area contributed by atoms with Gasteiger partial charge in [0.15, 0.2) is 6.04 Å². The van der Waals surface area contributed by atoms with Crippen LogP contribution in [-0.4, -0.2) is 29.1 Å². The fourth-order valence-corrected chi connectivity index (χ4v) is 0.904. The lowest BCUT2D eigenvalue weighted by atomic mass is 10.2. The summed E-state index contributed by atoms with van der Waals surface area (Å²) in [5, 5.41) is 8.34. The SMILES string of the molecule is CSCCC([NH3+])C(=O)O.[Cl-]. The van der Waals surface area contributed by atoms with Crippen LogP contribution in [0.3, 0.4) is 0 Å².